The van der Waals surface area contributed by atoms with Gasteiger partial charge in [-0.2, -0.15) is 0 Å². The molecule has 0 fully saturated rings. The maximum absolute atomic E-state index is 12.6. The third kappa shape index (κ3) is 3.44. The molecular formula is C20H16N2O4S2. The number of thiazole rings is 1. The number of rotatable bonds is 4. The zero-order valence-electron chi connectivity index (χ0n) is 14.9. The summed E-state index contributed by atoms with van der Waals surface area (Å²) >= 11 is 0.962. The Morgan fingerprint density at radius 3 is 2.57 bits per heavy atom. The lowest BCUT2D eigenvalue weighted by Crippen LogP contribution is -2.31. The number of carbonyl (C=O) groups excluding carboxylic acids is 1. The van der Waals surface area contributed by atoms with E-state index in [9.17, 15) is 18.0 Å². The highest BCUT2D eigenvalue weighted by molar-refractivity contribution is 7.90. The summed E-state index contributed by atoms with van der Waals surface area (Å²) in [5.41, 5.74) is 1.37. The van der Waals surface area contributed by atoms with Gasteiger partial charge in [0.25, 0.3) is 10.0 Å². The van der Waals surface area contributed by atoms with Crippen molar-refractivity contribution in [3.8, 4) is 0 Å². The molecule has 0 bridgehead atoms. The molecular weight excluding hydrogens is 396 g/mol. The Morgan fingerprint density at radius 1 is 1.04 bits per heavy atom. The summed E-state index contributed by atoms with van der Waals surface area (Å²) in [5.74, 6) is -0.614. The largest absolute Gasteiger partial charge is 0.307 e. The summed E-state index contributed by atoms with van der Waals surface area (Å²) in [6.45, 7) is 0. The van der Waals surface area contributed by atoms with Crippen molar-refractivity contribution >= 4 is 48.3 Å². The van der Waals surface area contributed by atoms with E-state index in [1.165, 1.54) is 16.7 Å². The number of aromatic nitrogens is 1. The summed E-state index contributed by atoms with van der Waals surface area (Å²) < 4.78 is 29.3. The van der Waals surface area contributed by atoms with Crippen LogP contribution >= 0.6 is 11.3 Å². The molecule has 4 rings (SSSR count). The molecule has 6 nitrogen and oxygen atoms in total. The molecule has 0 atom stereocenters. The number of aryl methyl sites for hydroxylation is 1. The van der Waals surface area contributed by atoms with Crippen molar-refractivity contribution in [3.63, 3.8) is 0 Å². The molecule has 4 aromatic rings. The SMILES string of the molecule is Cn1c(=O)sc2cc(S(=O)(=O)NC(=O)Cc3ccc4ccccc4c3)ccc21. The van der Waals surface area contributed by atoms with Crippen molar-refractivity contribution in [2.75, 3.05) is 0 Å². The number of fused-ring (bicyclic) bond motifs is 2. The van der Waals surface area contributed by atoms with Crippen LogP contribution in [-0.2, 0) is 28.3 Å². The molecule has 142 valence electrons. The fraction of sp³-hybridized carbons (Fsp3) is 0.100. The Morgan fingerprint density at radius 2 is 1.79 bits per heavy atom. The van der Waals surface area contributed by atoms with Crippen LogP contribution in [0, 0.1) is 0 Å². The Hall–Kier alpha value is -2.97. The molecule has 1 N–H and O–H groups in total. The summed E-state index contributed by atoms with van der Waals surface area (Å²) in [6, 6.07) is 17.7. The minimum atomic E-state index is -4.02. The van der Waals surface area contributed by atoms with Crippen LogP contribution in [0.2, 0.25) is 0 Å². The second-order valence-electron chi connectivity index (χ2n) is 6.44. The second-order valence-corrected chi connectivity index (χ2v) is 9.12. The summed E-state index contributed by atoms with van der Waals surface area (Å²) in [6.07, 6.45) is -0.0506. The van der Waals surface area contributed by atoms with Crippen LogP contribution in [-0.4, -0.2) is 18.9 Å². The maximum atomic E-state index is 12.6. The maximum Gasteiger partial charge on any atom is 0.307 e. The van der Waals surface area contributed by atoms with Gasteiger partial charge in [-0.25, -0.2) is 13.1 Å². The quantitative estimate of drug-likeness (QED) is 0.559. The van der Waals surface area contributed by atoms with Crippen LogP contribution in [0.4, 0.5) is 0 Å². The zero-order valence-corrected chi connectivity index (χ0v) is 16.5. The lowest BCUT2D eigenvalue weighted by Gasteiger charge is -2.08. The molecule has 1 heterocycles. The van der Waals surface area contributed by atoms with Crippen molar-refractivity contribution < 1.29 is 13.2 Å². The van der Waals surface area contributed by atoms with Gasteiger partial charge in [0, 0.05) is 7.05 Å². The molecule has 0 aliphatic heterocycles. The van der Waals surface area contributed by atoms with Crippen molar-refractivity contribution in [3.05, 3.63) is 75.9 Å². The van der Waals surface area contributed by atoms with Gasteiger partial charge in [-0.1, -0.05) is 53.8 Å². The van der Waals surface area contributed by atoms with Crippen LogP contribution in [0.3, 0.4) is 0 Å². The topological polar surface area (TPSA) is 85.2 Å². The molecule has 1 amide bonds. The van der Waals surface area contributed by atoms with Crippen LogP contribution in [0.25, 0.3) is 21.0 Å². The van der Waals surface area contributed by atoms with Gasteiger partial charge in [0.1, 0.15) is 0 Å². The smallest absolute Gasteiger partial charge is 0.302 e. The molecule has 0 saturated carbocycles. The first kappa shape index (κ1) is 18.4. The summed E-state index contributed by atoms with van der Waals surface area (Å²) in [4.78, 5) is 23.8. The fourth-order valence-corrected chi connectivity index (χ4v) is 5.06. The van der Waals surface area contributed by atoms with Crippen LogP contribution in [0.5, 0.6) is 0 Å². The normalized spacial score (nSPS) is 11.8. The lowest BCUT2D eigenvalue weighted by molar-refractivity contribution is -0.118. The van der Waals surface area contributed by atoms with Crippen LogP contribution in [0.15, 0.2) is 70.4 Å². The van der Waals surface area contributed by atoms with E-state index in [0.29, 0.717) is 10.2 Å². The average Bonchev–Trinajstić information content (AvgIpc) is 2.94. The number of nitrogens with one attached hydrogen (secondary N) is 1. The van der Waals surface area contributed by atoms with Gasteiger partial charge >= 0.3 is 4.87 Å². The highest BCUT2D eigenvalue weighted by Crippen LogP contribution is 2.21. The highest BCUT2D eigenvalue weighted by Gasteiger charge is 2.19. The highest BCUT2D eigenvalue weighted by atomic mass is 32.2. The van der Waals surface area contributed by atoms with Gasteiger partial charge in [0.2, 0.25) is 5.91 Å². The Balaban J connectivity index is 1.56. The number of carbonyl (C=O) groups is 1. The zero-order chi connectivity index (χ0) is 19.9. The van der Waals surface area contributed by atoms with Crippen molar-refractivity contribution in [2.45, 2.75) is 11.3 Å². The molecule has 0 saturated heterocycles. The molecule has 28 heavy (non-hydrogen) atoms. The standard InChI is InChI=1S/C20H16N2O4S2/c1-22-17-9-8-16(12-18(17)27-20(22)24)28(25,26)21-19(23)11-13-6-7-14-4-2-3-5-15(14)10-13/h2-10,12H,11H2,1H3,(H,21,23). The van der Waals surface area contributed by atoms with Crippen LogP contribution in [0.1, 0.15) is 5.56 Å². The first-order valence-corrected chi connectivity index (χ1v) is 10.8. The number of hydrogen-bond acceptors (Lipinski definition) is 5. The molecule has 8 heteroatoms. The van der Waals surface area contributed by atoms with Gasteiger partial charge < -0.3 is 4.57 Å². The van der Waals surface area contributed by atoms with E-state index in [0.717, 1.165) is 27.7 Å². The average molecular weight is 412 g/mol. The van der Waals surface area contributed by atoms with Crippen molar-refractivity contribution in [2.24, 2.45) is 7.05 Å². The second kappa shape index (κ2) is 6.88. The molecule has 3 aromatic carbocycles. The van der Waals surface area contributed by atoms with Gasteiger partial charge in [0.05, 0.1) is 21.5 Å². The number of nitrogens with zero attached hydrogens (tertiary/aromatic N) is 1. The Labute approximate surface area is 165 Å². The molecule has 0 aliphatic rings. The van der Waals surface area contributed by atoms with Crippen molar-refractivity contribution in [1.29, 1.82) is 0 Å². The van der Waals surface area contributed by atoms with E-state index >= 15 is 0 Å². The van der Waals surface area contributed by atoms with E-state index in [1.807, 2.05) is 42.5 Å². The molecule has 1 aromatic heterocycles. The number of sulfonamides is 1. The molecule has 0 aliphatic carbocycles. The predicted molar refractivity (Wildman–Crippen MR) is 110 cm³/mol. The summed E-state index contributed by atoms with van der Waals surface area (Å²) in [7, 11) is -2.40. The van der Waals surface area contributed by atoms with E-state index < -0.39 is 15.9 Å². The third-order valence-corrected chi connectivity index (χ3v) is 6.87. The minimum Gasteiger partial charge on any atom is -0.302 e. The predicted octanol–water partition coefficient (Wildman–Crippen LogP) is 2.80. The number of hydrogen-bond donors (Lipinski definition) is 1. The molecule has 0 unspecified atom stereocenters. The third-order valence-electron chi connectivity index (χ3n) is 4.50. The molecule has 0 spiro atoms. The van der Waals surface area contributed by atoms with Gasteiger partial charge in [-0.3, -0.25) is 9.59 Å². The number of benzene rings is 3. The minimum absolute atomic E-state index is 0.0475. The first-order valence-electron chi connectivity index (χ1n) is 8.46. The van der Waals surface area contributed by atoms with E-state index in [1.54, 1.807) is 13.1 Å². The summed E-state index contributed by atoms with van der Waals surface area (Å²) in [5, 5.41) is 2.04. The lowest BCUT2D eigenvalue weighted by atomic mass is 10.1. The van der Waals surface area contributed by atoms with Crippen LogP contribution < -0.4 is 9.60 Å². The van der Waals surface area contributed by atoms with E-state index in [2.05, 4.69) is 4.72 Å². The van der Waals surface area contributed by atoms with E-state index in [-0.39, 0.29) is 16.2 Å². The number of amides is 1. The molecule has 0 radical (unpaired) electrons. The van der Waals surface area contributed by atoms with E-state index in [4.69, 9.17) is 0 Å². The Bertz CT molecular complexity index is 1380. The monoisotopic (exact) mass is 412 g/mol. The fourth-order valence-electron chi connectivity index (χ4n) is 3.06. The first-order chi connectivity index (χ1) is 13.3. The Kier molecular flexibility index (Phi) is 4.52. The van der Waals surface area contributed by atoms with Gasteiger partial charge in [-0.15, -0.1) is 0 Å². The van der Waals surface area contributed by atoms with Gasteiger partial charge in [-0.05, 0) is 34.5 Å². The van der Waals surface area contributed by atoms with Crippen molar-refractivity contribution in [1.82, 2.24) is 9.29 Å². The van der Waals surface area contributed by atoms with Gasteiger partial charge in [0.15, 0.2) is 0 Å².